The van der Waals surface area contributed by atoms with Gasteiger partial charge < -0.3 is 0 Å². The number of Topliss-reactive ketones (excluding diaryl/α,β-unsaturated/α-hetero) is 1. The van der Waals surface area contributed by atoms with Crippen LogP contribution in [-0.2, 0) is 4.79 Å². The first-order valence-corrected chi connectivity index (χ1v) is 11.5. The molecule has 0 fully saturated rings. The molecule has 1 nitrogen and oxygen atoms in total. The van der Waals surface area contributed by atoms with Gasteiger partial charge in [-0.05, 0) is 28.1 Å². The molecule has 0 rings (SSSR count). The summed E-state index contributed by atoms with van der Waals surface area (Å²) >= 11 is 5.33. The number of hydrogen-bond donors (Lipinski definition) is 0. The van der Waals surface area contributed by atoms with E-state index in [-0.39, 0.29) is 43.9 Å². The third kappa shape index (κ3) is 27.8. The van der Waals surface area contributed by atoms with Gasteiger partial charge in [-0.1, -0.05) is 159 Å². The molecule has 0 aromatic rings. The number of rotatable bonds is 0. The molecule has 0 saturated carbocycles. The summed E-state index contributed by atoms with van der Waals surface area (Å²) in [6.07, 6.45) is 1.29. The van der Waals surface area contributed by atoms with Crippen molar-refractivity contribution in [2.75, 3.05) is 0 Å². The van der Waals surface area contributed by atoms with E-state index in [4.69, 9.17) is 12.2 Å². The second-order valence-corrected chi connectivity index (χ2v) is 15.4. The summed E-state index contributed by atoms with van der Waals surface area (Å²) in [5, 5.41) is 0. The quantitative estimate of drug-likeness (QED) is 0.323. The van der Waals surface area contributed by atoms with Crippen molar-refractivity contribution in [3.8, 4) is 0 Å². The van der Waals surface area contributed by atoms with Gasteiger partial charge in [-0.25, -0.2) is 0 Å². The van der Waals surface area contributed by atoms with Gasteiger partial charge in [0, 0.05) is 15.7 Å². The largest absolute Gasteiger partial charge is 0.299 e. The molecule has 0 aromatic heterocycles. The highest BCUT2D eigenvalue weighted by Crippen LogP contribution is 2.32. The Kier molecular flexibility index (Phi) is 21.1. The summed E-state index contributed by atoms with van der Waals surface area (Å²) in [4.78, 5) is 12.6. The monoisotopic (exact) mass is 476 g/mol. The van der Waals surface area contributed by atoms with Crippen LogP contribution in [0.4, 0.5) is 0 Å². The minimum absolute atomic E-state index is 0. The van der Waals surface area contributed by atoms with E-state index < -0.39 is 0 Å². The predicted molar refractivity (Wildman–Crippen MR) is 159 cm³/mol. The summed E-state index contributed by atoms with van der Waals surface area (Å²) in [6.45, 7) is 38.5. The van der Waals surface area contributed by atoms with Gasteiger partial charge in [0.2, 0.25) is 0 Å². The minimum atomic E-state index is -0.196. The summed E-state index contributed by atoms with van der Waals surface area (Å²) < 4.78 is 0. The molecule has 0 bridgehead atoms. The molecule has 0 aliphatic heterocycles. The molecule has 0 radical (unpaired) electrons. The highest BCUT2D eigenvalue weighted by molar-refractivity contribution is 7.80. The van der Waals surface area contributed by atoms with Crippen molar-refractivity contribution in [1.29, 1.82) is 0 Å². The zero-order valence-electron chi connectivity index (χ0n) is 23.5. The van der Waals surface area contributed by atoms with E-state index in [1.54, 1.807) is 0 Å². The first-order valence-electron chi connectivity index (χ1n) is 11.1. The first-order chi connectivity index (χ1) is 12.0. The smallest absolute Gasteiger partial charge is 0.143 e. The molecule has 0 heterocycles. The predicted octanol–water partition coefficient (Wildman–Crippen LogP) is 11.5. The Morgan fingerprint density at radius 2 is 0.656 bits per heavy atom. The van der Waals surface area contributed by atoms with Crippen LogP contribution in [0, 0.1) is 32.5 Å². The Balaban J connectivity index is -0.0000000758. The topological polar surface area (TPSA) is 17.1 Å². The van der Waals surface area contributed by atoms with Crippen molar-refractivity contribution < 1.29 is 4.79 Å². The summed E-state index contributed by atoms with van der Waals surface area (Å²) in [7, 11) is 0. The summed E-state index contributed by atoms with van der Waals surface area (Å²) in [6, 6.07) is 0. The lowest BCUT2D eigenvalue weighted by atomic mass is 9.76. The van der Waals surface area contributed by atoms with Gasteiger partial charge in [0.15, 0.2) is 0 Å². The summed E-state index contributed by atoms with van der Waals surface area (Å²) in [5.74, 6) is 0.319. The Morgan fingerprint density at radius 3 is 0.656 bits per heavy atom. The Morgan fingerprint density at radius 1 is 0.469 bits per heavy atom. The fourth-order valence-electron chi connectivity index (χ4n) is 3.84. The van der Waals surface area contributed by atoms with Crippen molar-refractivity contribution in [1.82, 2.24) is 0 Å². The van der Waals surface area contributed by atoms with E-state index in [2.05, 4.69) is 83.1 Å². The minimum Gasteiger partial charge on any atom is -0.299 e. The molecule has 0 aliphatic carbocycles. The molecule has 0 atom stereocenters. The molecular formula is C30H68OS. The van der Waals surface area contributed by atoms with Crippen LogP contribution in [0.1, 0.15) is 153 Å². The molecule has 0 aliphatic rings. The van der Waals surface area contributed by atoms with Crippen molar-refractivity contribution in [3.63, 3.8) is 0 Å². The standard InChI is InChI=1S/C9H18O.C9H18S.C9H20.3CH4/c2*1-8(2,3)7(10)9(4,5)6;1-8(2,3)7-9(4,5)6;;;/h2*1-6H3;7H2,1-6H3;3*1H4. The van der Waals surface area contributed by atoms with Gasteiger partial charge in [-0.2, -0.15) is 0 Å². The number of carbonyl (C=O) groups is 1. The van der Waals surface area contributed by atoms with Crippen LogP contribution >= 0.6 is 12.2 Å². The molecule has 32 heavy (non-hydrogen) atoms. The average Bonchev–Trinajstić information content (AvgIpc) is 2.29. The zero-order chi connectivity index (χ0) is 24.9. The number of hydrogen-bond acceptors (Lipinski definition) is 2. The Hall–Kier alpha value is -0.240. The van der Waals surface area contributed by atoms with Gasteiger partial charge in [0.25, 0.3) is 0 Å². The second-order valence-electron chi connectivity index (χ2n) is 15.0. The third-order valence-electron chi connectivity index (χ3n) is 3.79. The lowest BCUT2D eigenvalue weighted by Gasteiger charge is -2.30. The maximum Gasteiger partial charge on any atom is 0.143 e. The van der Waals surface area contributed by atoms with E-state index in [0.717, 1.165) is 4.86 Å². The lowest BCUT2D eigenvalue weighted by molar-refractivity contribution is -0.134. The maximum atomic E-state index is 11.5. The SMILES string of the molecule is C.C.C.CC(C)(C)C(=O)C(C)(C)C.CC(C)(C)C(=S)C(C)(C)C.CC(C)(C)CC(C)(C)C. The van der Waals surface area contributed by atoms with Gasteiger partial charge in [-0.15, -0.1) is 0 Å². The second kappa shape index (κ2) is 14.9. The Bertz CT molecular complexity index is 418. The van der Waals surface area contributed by atoms with Crippen molar-refractivity contribution >= 4 is 22.9 Å². The maximum absolute atomic E-state index is 11.5. The highest BCUT2D eigenvalue weighted by Gasteiger charge is 2.31. The van der Waals surface area contributed by atoms with Crippen molar-refractivity contribution in [2.24, 2.45) is 32.5 Å². The van der Waals surface area contributed by atoms with Crippen LogP contribution in [0.2, 0.25) is 0 Å². The van der Waals surface area contributed by atoms with Crippen LogP contribution in [-0.4, -0.2) is 10.6 Å². The van der Waals surface area contributed by atoms with E-state index >= 15 is 0 Å². The van der Waals surface area contributed by atoms with E-state index in [0.29, 0.717) is 16.6 Å². The zero-order valence-corrected chi connectivity index (χ0v) is 24.3. The highest BCUT2D eigenvalue weighted by atomic mass is 32.1. The van der Waals surface area contributed by atoms with E-state index in [1.165, 1.54) is 6.42 Å². The van der Waals surface area contributed by atoms with Crippen LogP contribution in [0.25, 0.3) is 0 Å². The van der Waals surface area contributed by atoms with E-state index in [9.17, 15) is 4.79 Å². The average molecular weight is 477 g/mol. The van der Waals surface area contributed by atoms with Gasteiger partial charge in [0.05, 0.1) is 0 Å². The fraction of sp³-hybridized carbons (Fsp3) is 0.933. The van der Waals surface area contributed by atoms with Crippen molar-refractivity contribution in [2.45, 2.75) is 153 Å². The third-order valence-corrected chi connectivity index (χ3v) is 5.01. The Labute approximate surface area is 213 Å². The molecule has 200 valence electrons. The first kappa shape index (κ1) is 45.3. The normalized spacial score (nSPS) is 12.3. The summed E-state index contributed by atoms with van der Waals surface area (Å²) in [5.41, 5.74) is 0.925. The van der Waals surface area contributed by atoms with Gasteiger partial charge in [0.1, 0.15) is 5.78 Å². The van der Waals surface area contributed by atoms with Gasteiger partial charge in [-0.3, -0.25) is 4.79 Å². The molecular weight excluding hydrogens is 408 g/mol. The van der Waals surface area contributed by atoms with Gasteiger partial charge >= 0.3 is 0 Å². The molecule has 0 amide bonds. The number of carbonyl (C=O) groups excluding carboxylic acids is 1. The number of thiocarbonyl (C=S) groups is 1. The molecule has 0 saturated heterocycles. The molecule has 0 unspecified atom stereocenters. The van der Waals surface area contributed by atoms with Crippen LogP contribution < -0.4 is 0 Å². The lowest BCUT2D eigenvalue weighted by Crippen LogP contribution is -2.32. The van der Waals surface area contributed by atoms with Crippen LogP contribution in [0.3, 0.4) is 0 Å². The molecule has 0 N–H and O–H groups in total. The number of ketones is 1. The van der Waals surface area contributed by atoms with Crippen LogP contribution in [0.15, 0.2) is 0 Å². The fourth-order valence-corrected chi connectivity index (χ4v) is 3.84. The van der Waals surface area contributed by atoms with E-state index in [1.807, 2.05) is 41.5 Å². The van der Waals surface area contributed by atoms with Crippen LogP contribution in [0.5, 0.6) is 0 Å². The molecule has 0 spiro atoms. The molecule has 0 aromatic carbocycles. The van der Waals surface area contributed by atoms with Crippen molar-refractivity contribution in [3.05, 3.63) is 0 Å². The molecule has 2 heteroatoms.